The quantitative estimate of drug-likeness (QED) is 0.509. The maximum absolute atomic E-state index is 14.1. The summed E-state index contributed by atoms with van der Waals surface area (Å²) in [5.41, 5.74) is 7.89. The Morgan fingerprint density at radius 2 is 1.48 bits per heavy atom. The molecule has 114 valence electrons. The van der Waals surface area contributed by atoms with E-state index in [4.69, 9.17) is 0 Å². The van der Waals surface area contributed by atoms with Gasteiger partial charge in [0.15, 0.2) is 0 Å². The second-order valence-electron chi connectivity index (χ2n) is 6.86. The van der Waals surface area contributed by atoms with E-state index < -0.39 is 0 Å². The van der Waals surface area contributed by atoms with E-state index in [1.807, 2.05) is 12.1 Å². The molecular formula is C22H19F. The zero-order valence-corrected chi connectivity index (χ0v) is 13.7. The van der Waals surface area contributed by atoms with E-state index in [0.29, 0.717) is 5.56 Å². The van der Waals surface area contributed by atoms with Crippen molar-refractivity contribution in [3.05, 3.63) is 83.2 Å². The summed E-state index contributed by atoms with van der Waals surface area (Å²) in [7, 11) is 0. The zero-order valence-electron chi connectivity index (χ0n) is 13.7. The Kier molecular flexibility index (Phi) is 2.96. The molecule has 4 rings (SSSR count). The summed E-state index contributed by atoms with van der Waals surface area (Å²) in [6, 6.07) is 20.5. The lowest BCUT2D eigenvalue weighted by atomic mass is 9.82. The average Bonchev–Trinajstić information content (AvgIpc) is 2.79. The van der Waals surface area contributed by atoms with Crippen molar-refractivity contribution in [2.45, 2.75) is 26.2 Å². The second-order valence-corrected chi connectivity index (χ2v) is 6.86. The standard InChI is InChI=1S/C22H19F/c1-14-11-12-15(13-20(14)23)16-8-6-10-19-21(16)17-7-4-5-9-18(17)22(19,2)3/h4-13H,1-3H3. The monoisotopic (exact) mass is 302 g/mol. The maximum atomic E-state index is 14.1. The van der Waals surface area contributed by atoms with Crippen LogP contribution in [-0.2, 0) is 5.41 Å². The molecule has 0 heterocycles. The molecule has 0 aromatic heterocycles. The lowest BCUT2D eigenvalue weighted by molar-refractivity contribution is 0.619. The van der Waals surface area contributed by atoms with Gasteiger partial charge in [0.2, 0.25) is 0 Å². The summed E-state index contributed by atoms with van der Waals surface area (Å²) < 4.78 is 14.1. The van der Waals surface area contributed by atoms with Gasteiger partial charge in [-0.15, -0.1) is 0 Å². The zero-order chi connectivity index (χ0) is 16.2. The Hall–Kier alpha value is -2.41. The molecule has 1 heteroatoms. The number of benzene rings is 3. The largest absolute Gasteiger partial charge is 0.207 e. The van der Waals surface area contributed by atoms with Gasteiger partial charge in [-0.25, -0.2) is 4.39 Å². The van der Waals surface area contributed by atoms with Crippen LogP contribution in [0.5, 0.6) is 0 Å². The SMILES string of the molecule is Cc1ccc(-c2cccc3c2-c2ccccc2C3(C)C)cc1F. The molecule has 0 saturated heterocycles. The lowest BCUT2D eigenvalue weighted by Crippen LogP contribution is -2.14. The van der Waals surface area contributed by atoms with Crippen LogP contribution in [-0.4, -0.2) is 0 Å². The number of hydrogen-bond donors (Lipinski definition) is 0. The average molecular weight is 302 g/mol. The van der Waals surface area contributed by atoms with Crippen LogP contribution in [0.2, 0.25) is 0 Å². The van der Waals surface area contributed by atoms with Gasteiger partial charge < -0.3 is 0 Å². The first-order chi connectivity index (χ1) is 11.0. The number of rotatable bonds is 1. The fourth-order valence-electron chi connectivity index (χ4n) is 3.76. The summed E-state index contributed by atoms with van der Waals surface area (Å²) in [5, 5.41) is 0. The van der Waals surface area contributed by atoms with E-state index in [9.17, 15) is 4.39 Å². The molecule has 0 nitrogen and oxygen atoms in total. The van der Waals surface area contributed by atoms with Crippen molar-refractivity contribution in [3.63, 3.8) is 0 Å². The number of fused-ring (bicyclic) bond motifs is 3. The molecule has 0 N–H and O–H groups in total. The molecule has 0 unspecified atom stereocenters. The first-order valence-electron chi connectivity index (χ1n) is 8.00. The van der Waals surface area contributed by atoms with Gasteiger partial charge in [-0.05, 0) is 51.9 Å². The highest BCUT2D eigenvalue weighted by Crippen LogP contribution is 2.51. The van der Waals surface area contributed by atoms with Crippen LogP contribution in [0.1, 0.15) is 30.5 Å². The molecule has 1 aliphatic carbocycles. The molecule has 0 atom stereocenters. The highest BCUT2D eigenvalue weighted by atomic mass is 19.1. The van der Waals surface area contributed by atoms with Gasteiger partial charge in [0.05, 0.1) is 0 Å². The highest BCUT2D eigenvalue weighted by molar-refractivity contribution is 5.92. The summed E-state index contributed by atoms with van der Waals surface area (Å²) >= 11 is 0. The molecule has 23 heavy (non-hydrogen) atoms. The summed E-state index contributed by atoms with van der Waals surface area (Å²) in [6.07, 6.45) is 0. The second kappa shape index (κ2) is 4.79. The van der Waals surface area contributed by atoms with Gasteiger partial charge in [-0.1, -0.05) is 68.4 Å². The topological polar surface area (TPSA) is 0 Å². The minimum Gasteiger partial charge on any atom is -0.207 e. The van der Waals surface area contributed by atoms with Crippen molar-refractivity contribution in [1.29, 1.82) is 0 Å². The predicted molar refractivity (Wildman–Crippen MR) is 94.1 cm³/mol. The number of aryl methyl sites for hydroxylation is 1. The van der Waals surface area contributed by atoms with Crippen LogP contribution in [0, 0.1) is 12.7 Å². The minimum absolute atomic E-state index is 0.0226. The van der Waals surface area contributed by atoms with Gasteiger partial charge in [0, 0.05) is 5.41 Å². The van der Waals surface area contributed by atoms with E-state index >= 15 is 0 Å². The number of halogens is 1. The molecule has 0 saturated carbocycles. The lowest BCUT2D eigenvalue weighted by Gasteiger charge is -2.21. The van der Waals surface area contributed by atoms with Crippen molar-refractivity contribution in [2.24, 2.45) is 0 Å². The van der Waals surface area contributed by atoms with Crippen LogP contribution >= 0.6 is 0 Å². The Bertz CT molecular complexity index is 919. The molecule has 0 aliphatic heterocycles. The Morgan fingerprint density at radius 1 is 0.783 bits per heavy atom. The van der Waals surface area contributed by atoms with Crippen molar-refractivity contribution in [3.8, 4) is 22.3 Å². The van der Waals surface area contributed by atoms with Crippen molar-refractivity contribution >= 4 is 0 Å². The van der Waals surface area contributed by atoms with Crippen LogP contribution in [0.3, 0.4) is 0 Å². The highest BCUT2D eigenvalue weighted by Gasteiger charge is 2.36. The summed E-state index contributed by atoms with van der Waals surface area (Å²) in [4.78, 5) is 0. The molecule has 0 amide bonds. The minimum atomic E-state index is -0.148. The Labute approximate surface area is 136 Å². The van der Waals surface area contributed by atoms with Crippen molar-refractivity contribution < 1.29 is 4.39 Å². The third-order valence-corrected chi connectivity index (χ3v) is 5.09. The van der Waals surface area contributed by atoms with E-state index in [0.717, 1.165) is 11.1 Å². The van der Waals surface area contributed by atoms with Crippen LogP contribution in [0.25, 0.3) is 22.3 Å². The first kappa shape index (κ1) is 14.2. The molecule has 0 fully saturated rings. The summed E-state index contributed by atoms with van der Waals surface area (Å²) in [6.45, 7) is 6.32. The van der Waals surface area contributed by atoms with Crippen molar-refractivity contribution in [2.75, 3.05) is 0 Å². The maximum Gasteiger partial charge on any atom is 0.126 e. The van der Waals surface area contributed by atoms with Gasteiger partial charge in [-0.3, -0.25) is 0 Å². The van der Waals surface area contributed by atoms with E-state index in [-0.39, 0.29) is 11.2 Å². The smallest absolute Gasteiger partial charge is 0.126 e. The van der Waals surface area contributed by atoms with E-state index in [1.54, 1.807) is 13.0 Å². The molecular weight excluding hydrogens is 283 g/mol. The van der Waals surface area contributed by atoms with Gasteiger partial charge in [0.1, 0.15) is 5.82 Å². The van der Waals surface area contributed by atoms with Gasteiger partial charge in [-0.2, -0.15) is 0 Å². The first-order valence-corrected chi connectivity index (χ1v) is 8.00. The molecule has 0 spiro atoms. The van der Waals surface area contributed by atoms with Gasteiger partial charge >= 0.3 is 0 Å². The molecule has 1 aliphatic rings. The summed E-state index contributed by atoms with van der Waals surface area (Å²) in [5.74, 6) is -0.148. The van der Waals surface area contributed by atoms with Crippen molar-refractivity contribution in [1.82, 2.24) is 0 Å². The normalized spacial score (nSPS) is 14.4. The molecule has 0 bridgehead atoms. The Morgan fingerprint density at radius 3 is 2.26 bits per heavy atom. The predicted octanol–water partition coefficient (Wildman–Crippen LogP) is 6.11. The van der Waals surface area contributed by atoms with E-state index in [2.05, 4.69) is 56.3 Å². The number of hydrogen-bond acceptors (Lipinski definition) is 0. The van der Waals surface area contributed by atoms with Crippen LogP contribution in [0.15, 0.2) is 60.7 Å². The Balaban J connectivity index is 2.04. The molecule has 0 radical (unpaired) electrons. The van der Waals surface area contributed by atoms with Gasteiger partial charge in [0.25, 0.3) is 0 Å². The fraction of sp³-hybridized carbons (Fsp3) is 0.182. The fourth-order valence-corrected chi connectivity index (χ4v) is 3.76. The molecule has 3 aromatic carbocycles. The third-order valence-electron chi connectivity index (χ3n) is 5.09. The van der Waals surface area contributed by atoms with E-state index in [1.165, 1.54) is 22.3 Å². The van der Waals surface area contributed by atoms with Crippen LogP contribution in [0.4, 0.5) is 4.39 Å². The van der Waals surface area contributed by atoms with Crippen LogP contribution < -0.4 is 0 Å². The molecule has 3 aromatic rings. The third kappa shape index (κ3) is 1.96.